The molecule has 0 saturated carbocycles. The molecular weight excluding hydrogens is 230 g/mol. The van der Waals surface area contributed by atoms with Crippen LogP contribution < -0.4 is 10.6 Å². The first-order chi connectivity index (χ1) is 8.86. The van der Waals surface area contributed by atoms with Crippen LogP contribution in [0.4, 0.5) is 5.95 Å². The molecule has 2 aromatic heterocycles. The van der Waals surface area contributed by atoms with E-state index < -0.39 is 0 Å². The third kappa shape index (κ3) is 3.77. The Morgan fingerprint density at radius 3 is 3.00 bits per heavy atom. The molecule has 0 unspecified atom stereocenters. The Kier molecular flexibility index (Phi) is 4.60. The van der Waals surface area contributed by atoms with Gasteiger partial charge in [0.1, 0.15) is 0 Å². The zero-order valence-corrected chi connectivity index (χ0v) is 10.4. The van der Waals surface area contributed by atoms with Crippen molar-refractivity contribution in [2.24, 2.45) is 7.05 Å². The van der Waals surface area contributed by atoms with E-state index in [1.54, 1.807) is 10.9 Å². The maximum absolute atomic E-state index is 4.07. The Hall–Kier alpha value is -2.02. The van der Waals surface area contributed by atoms with Crippen LogP contribution in [-0.4, -0.2) is 38.3 Å². The van der Waals surface area contributed by atoms with Crippen molar-refractivity contribution in [2.75, 3.05) is 18.4 Å². The fourth-order valence-electron chi connectivity index (χ4n) is 1.53. The molecule has 0 spiro atoms. The lowest BCUT2D eigenvalue weighted by molar-refractivity contribution is 0.657. The number of tetrazole rings is 1. The molecule has 0 aromatic carbocycles. The highest BCUT2D eigenvalue weighted by atomic mass is 15.6. The van der Waals surface area contributed by atoms with Crippen LogP contribution in [0.2, 0.25) is 0 Å². The molecule has 0 radical (unpaired) electrons. The molecule has 2 rings (SSSR count). The number of pyridine rings is 1. The van der Waals surface area contributed by atoms with Crippen molar-refractivity contribution in [1.29, 1.82) is 0 Å². The van der Waals surface area contributed by atoms with E-state index in [1.165, 1.54) is 5.56 Å². The van der Waals surface area contributed by atoms with Crippen molar-refractivity contribution in [3.63, 3.8) is 0 Å². The Morgan fingerprint density at radius 2 is 2.28 bits per heavy atom. The van der Waals surface area contributed by atoms with Crippen LogP contribution in [0.3, 0.4) is 0 Å². The van der Waals surface area contributed by atoms with Crippen LogP contribution in [0.1, 0.15) is 12.0 Å². The molecule has 7 heteroatoms. The van der Waals surface area contributed by atoms with E-state index in [9.17, 15) is 0 Å². The van der Waals surface area contributed by atoms with Crippen LogP contribution in [0, 0.1) is 0 Å². The highest BCUT2D eigenvalue weighted by Crippen LogP contribution is 1.96. The van der Waals surface area contributed by atoms with E-state index in [0.29, 0.717) is 5.95 Å². The minimum absolute atomic E-state index is 0.697. The van der Waals surface area contributed by atoms with E-state index in [4.69, 9.17) is 0 Å². The Bertz CT molecular complexity index is 453. The van der Waals surface area contributed by atoms with Gasteiger partial charge in [-0.15, -0.1) is 0 Å². The lowest BCUT2D eigenvalue weighted by atomic mass is 10.3. The van der Waals surface area contributed by atoms with Gasteiger partial charge in [-0.05, 0) is 35.0 Å². The summed E-state index contributed by atoms with van der Waals surface area (Å²) in [5.41, 5.74) is 1.20. The van der Waals surface area contributed by atoms with Crippen molar-refractivity contribution >= 4 is 5.95 Å². The molecule has 0 aliphatic heterocycles. The fourth-order valence-corrected chi connectivity index (χ4v) is 1.53. The summed E-state index contributed by atoms with van der Waals surface area (Å²) in [6.07, 6.45) is 4.66. The fraction of sp³-hybridized carbons (Fsp3) is 0.455. The molecule has 2 heterocycles. The standard InChI is InChI=1S/C11H17N7/c1-18-11(15-16-17-18)14-7-3-6-13-9-10-4-2-5-12-8-10/h2,4-5,8,13H,3,6-7,9H2,1H3,(H,14,15,17). The largest absolute Gasteiger partial charge is 0.353 e. The monoisotopic (exact) mass is 247 g/mol. The maximum atomic E-state index is 4.07. The maximum Gasteiger partial charge on any atom is 0.242 e. The summed E-state index contributed by atoms with van der Waals surface area (Å²) >= 11 is 0. The van der Waals surface area contributed by atoms with Crippen LogP contribution in [0.15, 0.2) is 24.5 Å². The summed E-state index contributed by atoms with van der Waals surface area (Å²) < 4.78 is 1.61. The van der Waals surface area contributed by atoms with Crippen LogP contribution in [0.5, 0.6) is 0 Å². The normalized spacial score (nSPS) is 10.5. The van der Waals surface area contributed by atoms with Crippen molar-refractivity contribution in [1.82, 2.24) is 30.5 Å². The lowest BCUT2D eigenvalue weighted by Crippen LogP contribution is -2.18. The molecule has 0 amide bonds. The quantitative estimate of drug-likeness (QED) is 0.680. The molecule has 0 aliphatic carbocycles. The van der Waals surface area contributed by atoms with E-state index in [2.05, 4.69) is 37.2 Å². The summed E-state index contributed by atoms with van der Waals surface area (Å²) in [6, 6.07) is 4.00. The average Bonchev–Trinajstić information content (AvgIpc) is 2.81. The number of rotatable bonds is 7. The number of aromatic nitrogens is 5. The molecular formula is C11H17N7. The smallest absolute Gasteiger partial charge is 0.242 e. The molecule has 7 nitrogen and oxygen atoms in total. The van der Waals surface area contributed by atoms with E-state index in [-0.39, 0.29) is 0 Å². The summed E-state index contributed by atoms with van der Waals surface area (Å²) in [5.74, 6) is 0.697. The third-order valence-corrected chi connectivity index (χ3v) is 2.49. The highest BCUT2D eigenvalue weighted by Gasteiger charge is 1.99. The van der Waals surface area contributed by atoms with Gasteiger partial charge in [0.2, 0.25) is 5.95 Å². The van der Waals surface area contributed by atoms with Crippen LogP contribution >= 0.6 is 0 Å². The Balaban J connectivity index is 1.56. The van der Waals surface area contributed by atoms with Crippen molar-refractivity contribution in [3.8, 4) is 0 Å². The first-order valence-electron chi connectivity index (χ1n) is 5.92. The van der Waals surface area contributed by atoms with E-state index in [1.807, 2.05) is 19.3 Å². The van der Waals surface area contributed by atoms with Gasteiger partial charge in [0.15, 0.2) is 0 Å². The number of nitrogens with one attached hydrogen (secondary N) is 2. The number of hydrogen-bond donors (Lipinski definition) is 2. The summed E-state index contributed by atoms with van der Waals surface area (Å²) in [6.45, 7) is 2.63. The summed E-state index contributed by atoms with van der Waals surface area (Å²) in [4.78, 5) is 4.07. The van der Waals surface area contributed by atoms with Crippen molar-refractivity contribution in [2.45, 2.75) is 13.0 Å². The summed E-state index contributed by atoms with van der Waals surface area (Å²) in [7, 11) is 1.81. The first kappa shape index (κ1) is 12.4. The Morgan fingerprint density at radius 1 is 1.33 bits per heavy atom. The van der Waals surface area contributed by atoms with Gasteiger partial charge >= 0.3 is 0 Å². The predicted octanol–water partition coefficient (Wildman–Crippen LogP) is 0.197. The second kappa shape index (κ2) is 6.65. The van der Waals surface area contributed by atoms with Crippen LogP contribution in [-0.2, 0) is 13.6 Å². The molecule has 2 N–H and O–H groups in total. The number of anilines is 1. The second-order valence-corrected chi connectivity index (χ2v) is 3.94. The van der Waals surface area contributed by atoms with Gasteiger partial charge in [-0.2, -0.15) is 0 Å². The van der Waals surface area contributed by atoms with Gasteiger partial charge in [0.25, 0.3) is 0 Å². The molecule has 2 aromatic rings. The molecule has 0 saturated heterocycles. The molecule has 18 heavy (non-hydrogen) atoms. The number of hydrogen-bond acceptors (Lipinski definition) is 6. The summed E-state index contributed by atoms with van der Waals surface area (Å²) in [5, 5.41) is 17.7. The lowest BCUT2D eigenvalue weighted by Gasteiger charge is -2.05. The van der Waals surface area contributed by atoms with Gasteiger partial charge in [-0.3, -0.25) is 4.98 Å². The molecule has 0 aliphatic rings. The third-order valence-electron chi connectivity index (χ3n) is 2.49. The van der Waals surface area contributed by atoms with E-state index in [0.717, 1.165) is 26.1 Å². The van der Waals surface area contributed by atoms with Crippen LogP contribution in [0.25, 0.3) is 0 Å². The van der Waals surface area contributed by atoms with Gasteiger partial charge in [-0.25, -0.2) is 4.68 Å². The van der Waals surface area contributed by atoms with Crippen molar-refractivity contribution in [3.05, 3.63) is 30.1 Å². The van der Waals surface area contributed by atoms with E-state index >= 15 is 0 Å². The molecule has 0 atom stereocenters. The molecule has 0 bridgehead atoms. The van der Waals surface area contributed by atoms with Gasteiger partial charge in [0.05, 0.1) is 0 Å². The zero-order valence-electron chi connectivity index (χ0n) is 10.4. The average molecular weight is 247 g/mol. The molecule has 0 fully saturated rings. The minimum Gasteiger partial charge on any atom is -0.353 e. The minimum atomic E-state index is 0.697. The number of aryl methyl sites for hydroxylation is 1. The van der Waals surface area contributed by atoms with Gasteiger partial charge in [0, 0.05) is 32.5 Å². The molecule has 96 valence electrons. The zero-order chi connectivity index (χ0) is 12.6. The topological polar surface area (TPSA) is 80.5 Å². The second-order valence-electron chi connectivity index (χ2n) is 3.94. The SMILES string of the molecule is Cn1nnnc1NCCCNCc1cccnc1. The number of nitrogens with zero attached hydrogens (tertiary/aromatic N) is 5. The first-order valence-corrected chi connectivity index (χ1v) is 5.92. The van der Waals surface area contributed by atoms with Gasteiger partial charge in [-0.1, -0.05) is 11.2 Å². The Labute approximate surface area is 106 Å². The predicted molar refractivity (Wildman–Crippen MR) is 67.8 cm³/mol. The highest BCUT2D eigenvalue weighted by molar-refractivity contribution is 5.20. The van der Waals surface area contributed by atoms with Crippen molar-refractivity contribution < 1.29 is 0 Å². The van der Waals surface area contributed by atoms with Gasteiger partial charge < -0.3 is 10.6 Å².